The molecule has 2 fully saturated rings. The van der Waals surface area contributed by atoms with E-state index in [9.17, 15) is 4.79 Å². The van der Waals surface area contributed by atoms with Gasteiger partial charge in [-0.25, -0.2) is 15.0 Å². The van der Waals surface area contributed by atoms with Gasteiger partial charge in [-0.2, -0.15) is 0 Å². The molecule has 1 N–H and O–H groups in total. The van der Waals surface area contributed by atoms with E-state index in [2.05, 4.69) is 37.0 Å². The molecule has 0 radical (unpaired) electrons. The molecule has 8 heteroatoms. The Labute approximate surface area is 191 Å². The monoisotopic (exact) mass is 437 g/mol. The molecule has 0 bridgehead atoms. The van der Waals surface area contributed by atoms with Crippen LogP contribution in [0.25, 0.3) is 0 Å². The minimum atomic E-state index is 0.288. The maximum atomic E-state index is 12.8. The van der Waals surface area contributed by atoms with Crippen LogP contribution in [0, 0.1) is 5.92 Å². The molecule has 8 nitrogen and oxygen atoms in total. The Bertz CT molecular complexity index is 854. The highest BCUT2D eigenvalue weighted by Crippen LogP contribution is 2.26. The van der Waals surface area contributed by atoms with Crippen molar-refractivity contribution in [1.82, 2.24) is 19.9 Å². The third-order valence-electron chi connectivity index (χ3n) is 6.42. The number of carbonyl (C=O) groups excluding carboxylic acids is 1. The van der Waals surface area contributed by atoms with E-state index in [4.69, 9.17) is 0 Å². The highest BCUT2D eigenvalue weighted by atomic mass is 16.2. The zero-order valence-corrected chi connectivity index (χ0v) is 19.1. The van der Waals surface area contributed by atoms with Gasteiger partial charge >= 0.3 is 0 Å². The second kappa shape index (κ2) is 11.1. The highest BCUT2D eigenvalue weighted by molar-refractivity contribution is 5.76. The summed E-state index contributed by atoms with van der Waals surface area (Å²) in [7, 11) is 0. The number of rotatable bonds is 8. The predicted molar refractivity (Wildman–Crippen MR) is 128 cm³/mol. The third kappa shape index (κ3) is 5.87. The number of hydrogen-bond acceptors (Lipinski definition) is 7. The van der Waals surface area contributed by atoms with Gasteiger partial charge < -0.3 is 20.0 Å². The molecule has 4 heterocycles. The standard InChI is InChI=1S/C24H35N7O/c1-2-10-25-21-17-23(28-19-27-21)31-12-5-6-20(18-31)8-9-24(32)30-15-13-29(14-16-30)22-7-3-4-11-26-22/h3-4,7,11,17,19-20H,2,5-6,8-10,12-16,18H2,1H3,(H,25,27,28). The first-order valence-electron chi connectivity index (χ1n) is 12.0. The van der Waals surface area contributed by atoms with Crippen molar-refractivity contribution in [2.45, 2.75) is 39.0 Å². The Hall–Kier alpha value is -2.90. The van der Waals surface area contributed by atoms with E-state index in [1.54, 1.807) is 6.33 Å². The number of nitrogens with one attached hydrogen (secondary N) is 1. The molecule has 0 spiro atoms. The smallest absolute Gasteiger partial charge is 0.222 e. The molecular weight excluding hydrogens is 402 g/mol. The normalized spacial score (nSPS) is 19.2. The van der Waals surface area contributed by atoms with E-state index >= 15 is 0 Å². The molecule has 1 atom stereocenters. The van der Waals surface area contributed by atoms with E-state index in [1.165, 1.54) is 6.42 Å². The fourth-order valence-corrected chi connectivity index (χ4v) is 4.59. The maximum absolute atomic E-state index is 12.8. The molecule has 1 unspecified atom stereocenters. The number of anilines is 3. The first-order chi connectivity index (χ1) is 15.7. The molecular formula is C24H35N7O. The molecule has 2 aromatic rings. The zero-order valence-electron chi connectivity index (χ0n) is 19.1. The van der Waals surface area contributed by atoms with Gasteiger partial charge in [0.05, 0.1) is 0 Å². The summed E-state index contributed by atoms with van der Waals surface area (Å²) < 4.78 is 0. The number of amides is 1. The fourth-order valence-electron chi connectivity index (χ4n) is 4.59. The quantitative estimate of drug-likeness (QED) is 0.680. The maximum Gasteiger partial charge on any atom is 0.222 e. The summed E-state index contributed by atoms with van der Waals surface area (Å²) in [5, 5.41) is 3.34. The topological polar surface area (TPSA) is 77.5 Å². The van der Waals surface area contributed by atoms with Crippen LogP contribution < -0.4 is 15.1 Å². The lowest BCUT2D eigenvalue weighted by Gasteiger charge is -2.36. The Balaban J connectivity index is 1.23. The van der Waals surface area contributed by atoms with Crippen molar-refractivity contribution in [2.24, 2.45) is 5.92 Å². The molecule has 2 saturated heterocycles. The first kappa shape index (κ1) is 22.3. The van der Waals surface area contributed by atoms with Gasteiger partial charge in [-0.3, -0.25) is 4.79 Å². The van der Waals surface area contributed by atoms with Crippen molar-refractivity contribution in [1.29, 1.82) is 0 Å². The molecule has 4 rings (SSSR count). The Morgan fingerprint density at radius 2 is 1.94 bits per heavy atom. The van der Waals surface area contributed by atoms with Gasteiger partial charge in [0, 0.05) is 64.5 Å². The van der Waals surface area contributed by atoms with Gasteiger partial charge in [0.15, 0.2) is 0 Å². The number of hydrogen-bond donors (Lipinski definition) is 1. The summed E-state index contributed by atoms with van der Waals surface area (Å²) in [6.07, 6.45) is 8.44. The highest BCUT2D eigenvalue weighted by Gasteiger charge is 2.25. The molecule has 1 amide bonds. The van der Waals surface area contributed by atoms with Crippen LogP contribution in [0.3, 0.4) is 0 Å². The largest absolute Gasteiger partial charge is 0.370 e. The van der Waals surface area contributed by atoms with Gasteiger partial charge in [0.1, 0.15) is 23.8 Å². The lowest BCUT2D eigenvalue weighted by molar-refractivity contribution is -0.131. The average Bonchev–Trinajstić information content (AvgIpc) is 2.87. The minimum Gasteiger partial charge on any atom is -0.370 e. The van der Waals surface area contributed by atoms with Crippen molar-refractivity contribution in [2.75, 3.05) is 60.9 Å². The van der Waals surface area contributed by atoms with Gasteiger partial charge in [-0.1, -0.05) is 13.0 Å². The number of carbonyl (C=O) groups is 1. The van der Waals surface area contributed by atoms with Crippen LogP contribution in [0.4, 0.5) is 17.5 Å². The molecule has 0 aliphatic carbocycles. The number of pyridine rings is 1. The Morgan fingerprint density at radius 1 is 1.06 bits per heavy atom. The minimum absolute atomic E-state index is 0.288. The molecule has 0 saturated carbocycles. The summed E-state index contributed by atoms with van der Waals surface area (Å²) in [5.74, 6) is 3.69. The summed E-state index contributed by atoms with van der Waals surface area (Å²) in [6, 6.07) is 8.02. The van der Waals surface area contributed by atoms with Crippen molar-refractivity contribution < 1.29 is 4.79 Å². The molecule has 2 aliphatic heterocycles. The molecule has 172 valence electrons. The number of nitrogens with zero attached hydrogens (tertiary/aromatic N) is 6. The van der Waals surface area contributed by atoms with E-state index in [-0.39, 0.29) is 5.91 Å². The predicted octanol–water partition coefficient (Wildman–Crippen LogP) is 3.04. The average molecular weight is 438 g/mol. The van der Waals surface area contributed by atoms with Gasteiger partial charge in [-0.15, -0.1) is 0 Å². The second-order valence-corrected chi connectivity index (χ2v) is 8.74. The van der Waals surface area contributed by atoms with E-state index in [0.29, 0.717) is 12.3 Å². The number of piperidine rings is 1. The zero-order chi connectivity index (χ0) is 22.2. The SMILES string of the molecule is CCCNc1cc(N2CCCC(CCC(=O)N3CCN(c4ccccn4)CC3)C2)ncn1. The molecule has 2 aromatic heterocycles. The van der Waals surface area contributed by atoms with Crippen LogP contribution in [0.2, 0.25) is 0 Å². The van der Waals surface area contributed by atoms with E-state index in [0.717, 1.165) is 82.5 Å². The lowest BCUT2D eigenvalue weighted by atomic mass is 9.93. The summed E-state index contributed by atoms with van der Waals surface area (Å²) in [4.78, 5) is 32.7. The van der Waals surface area contributed by atoms with Crippen LogP contribution in [-0.4, -0.2) is 71.6 Å². The van der Waals surface area contributed by atoms with Crippen molar-refractivity contribution in [3.8, 4) is 0 Å². The van der Waals surface area contributed by atoms with Gasteiger partial charge in [0.2, 0.25) is 5.91 Å². The van der Waals surface area contributed by atoms with E-state index < -0.39 is 0 Å². The van der Waals surface area contributed by atoms with Crippen molar-refractivity contribution in [3.05, 3.63) is 36.8 Å². The van der Waals surface area contributed by atoms with Gasteiger partial charge in [-0.05, 0) is 43.7 Å². The molecule has 2 aliphatic rings. The van der Waals surface area contributed by atoms with Crippen LogP contribution >= 0.6 is 0 Å². The van der Waals surface area contributed by atoms with Crippen LogP contribution in [0.5, 0.6) is 0 Å². The molecule has 0 aromatic carbocycles. The first-order valence-corrected chi connectivity index (χ1v) is 12.0. The van der Waals surface area contributed by atoms with Gasteiger partial charge in [0.25, 0.3) is 0 Å². The van der Waals surface area contributed by atoms with Crippen LogP contribution in [-0.2, 0) is 4.79 Å². The lowest BCUT2D eigenvalue weighted by Crippen LogP contribution is -2.49. The Kier molecular flexibility index (Phi) is 7.74. The summed E-state index contributed by atoms with van der Waals surface area (Å²) in [5.41, 5.74) is 0. The van der Waals surface area contributed by atoms with Crippen LogP contribution in [0.1, 0.15) is 39.0 Å². The fraction of sp³-hybridized carbons (Fsp3) is 0.583. The number of aromatic nitrogens is 3. The summed E-state index contributed by atoms with van der Waals surface area (Å²) >= 11 is 0. The molecule has 32 heavy (non-hydrogen) atoms. The van der Waals surface area contributed by atoms with Crippen molar-refractivity contribution >= 4 is 23.4 Å². The van der Waals surface area contributed by atoms with Crippen LogP contribution in [0.15, 0.2) is 36.8 Å². The Morgan fingerprint density at radius 3 is 2.72 bits per heavy atom. The summed E-state index contributed by atoms with van der Waals surface area (Å²) in [6.45, 7) is 8.30. The van der Waals surface area contributed by atoms with E-state index in [1.807, 2.05) is 35.4 Å². The second-order valence-electron chi connectivity index (χ2n) is 8.74. The third-order valence-corrected chi connectivity index (χ3v) is 6.42. The number of piperazine rings is 1. The van der Waals surface area contributed by atoms with Crippen molar-refractivity contribution in [3.63, 3.8) is 0 Å².